The molecule has 3 nitrogen and oxygen atoms in total. The summed E-state index contributed by atoms with van der Waals surface area (Å²) in [5.74, 6) is 0.0520. The van der Waals surface area contributed by atoms with Crippen molar-refractivity contribution in [3.63, 3.8) is 0 Å². The molecule has 0 bridgehead atoms. The quantitative estimate of drug-likeness (QED) is 0.803. The smallest absolute Gasteiger partial charge is 0.214 e. The van der Waals surface area contributed by atoms with Gasteiger partial charge >= 0.3 is 0 Å². The van der Waals surface area contributed by atoms with Crippen LogP contribution in [0.3, 0.4) is 0 Å². The highest BCUT2D eigenvalue weighted by Gasteiger charge is 1.99. The van der Waals surface area contributed by atoms with Gasteiger partial charge in [0.2, 0.25) is 5.95 Å². The predicted octanol–water partition coefficient (Wildman–Crippen LogP) is 2.54. The van der Waals surface area contributed by atoms with Crippen molar-refractivity contribution in [1.29, 1.82) is 0 Å². The number of aryl methyl sites for hydroxylation is 1. The molecular formula is C12H12FN3. The molecule has 82 valence electrons. The standard InChI is InChI=1S/C12H12FN3/c1-9-5-6-14-7-10(9)8-15-12-4-2-3-11(13)16-12/h2-7H,8H2,1H3,(H,15,16). The van der Waals surface area contributed by atoms with E-state index in [1.165, 1.54) is 6.07 Å². The lowest BCUT2D eigenvalue weighted by molar-refractivity contribution is 0.585. The molecule has 0 unspecified atom stereocenters. The molecule has 2 heterocycles. The highest BCUT2D eigenvalue weighted by molar-refractivity contribution is 5.35. The molecule has 2 aromatic heterocycles. The summed E-state index contributed by atoms with van der Waals surface area (Å²) in [6.45, 7) is 2.60. The molecule has 0 fully saturated rings. The Bertz CT molecular complexity index is 485. The molecule has 0 aliphatic heterocycles. The first-order valence-electron chi connectivity index (χ1n) is 5.01. The van der Waals surface area contributed by atoms with Crippen LogP contribution in [-0.4, -0.2) is 9.97 Å². The Morgan fingerprint density at radius 3 is 2.94 bits per heavy atom. The van der Waals surface area contributed by atoms with E-state index in [-0.39, 0.29) is 0 Å². The molecule has 0 spiro atoms. The van der Waals surface area contributed by atoms with Crippen LogP contribution in [-0.2, 0) is 6.54 Å². The van der Waals surface area contributed by atoms with E-state index in [2.05, 4.69) is 15.3 Å². The molecule has 0 aromatic carbocycles. The second-order valence-corrected chi connectivity index (χ2v) is 3.50. The molecule has 0 aliphatic carbocycles. The van der Waals surface area contributed by atoms with Gasteiger partial charge in [0.25, 0.3) is 0 Å². The number of hydrogen-bond donors (Lipinski definition) is 1. The molecule has 1 N–H and O–H groups in total. The van der Waals surface area contributed by atoms with Crippen LogP contribution in [0, 0.1) is 12.9 Å². The molecule has 0 saturated heterocycles. The van der Waals surface area contributed by atoms with Crippen molar-refractivity contribution in [2.75, 3.05) is 5.32 Å². The third kappa shape index (κ3) is 2.53. The topological polar surface area (TPSA) is 37.8 Å². The molecule has 0 atom stereocenters. The Balaban J connectivity index is 2.05. The van der Waals surface area contributed by atoms with Crippen LogP contribution >= 0.6 is 0 Å². The van der Waals surface area contributed by atoms with Crippen molar-refractivity contribution >= 4 is 5.82 Å². The molecular weight excluding hydrogens is 205 g/mol. The Kier molecular flexibility index (Phi) is 3.10. The maximum absolute atomic E-state index is 12.8. The van der Waals surface area contributed by atoms with Crippen molar-refractivity contribution < 1.29 is 4.39 Å². The number of rotatable bonds is 3. The van der Waals surface area contributed by atoms with Crippen molar-refractivity contribution in [3.05, 3.63) is 53.7 Å². The fourth-order valence-corrected chi connectivity index (χ4v) is 1.37. The summed E-state index contributed by atoms with van der Waals surface area (Å²) in [6, 6.07) is 6.62. The van der Waals surface area contributed by atoms with Gasteiger partial charge in [-0.2, -0.15) is 4.39 Å². The number of nitrogens with one attached hydrogen (secondary N) is 1. The number of hydrogen-bond acceptors (Lipinski definition) is 3. The van der Waals surface area contributed by atoms with E-state index < -0.39 is 5.95 Å². The maximum Gasteiger partial charge on any atom is 0.214 e. The number of aromatic nitrogens is 2. The molecule has 2 aromatic rings. The molecule has 2 rings (SSSR count). The first-order valence-corrected chi connectivity index (χ1v) is 5.01. The lowest BCUT2D eigenvalue weighted by atomic mass is 10.1. The third-order valence-electron chi connectivity index (χ3n) is 2.32. The van der Waals surface area contributed by atoms with Crippen LogP contribution in [0.5, 0.6) is 0 Å². The Hall–Kier alpha value is -1.97. The molecule has 4 heteroatoms. The minimum Gasteiger partial charge on any atom is -0.366 e. The Morgan fingerprint density at radius 1 is 1.31 bits per heavy atom. The van der Waals surface area contributed by atoms with E-state index in [9.17, 15) is 4.39 Å². The third-order valence-corrected chi connectivity index (χ3v) is 2.32. The fourth-order valence-electron chi connectivity index (χ4n) is 1.37. The minimum absolute atomic E-state index is 0.479. The van der Waals surface area contributed by atoms with Crippen LogP contribution in [0.2, 0.25) is 0 Å². The second-order valence-electron chi connectivity index (χ2n) is 3.50. The van der Waals surface area contributed by atoms with E-state index in [0.717, 1.165) is 11.1 Å². The zero-order valence-corrected chi connectivity index (χ0v) is 8.94. The normalized spacial score (nSPS) is 10.1. The first kappa shape index (κ1) is 10.5. The van der Waals surface area contributed by atoms with Crippen LogP contribution in [0.15, 0.2) is 36.7 Å². The average molecular weight is 217 g/mol. The van der Waals surface area contributed by atoms with E-state index >= 15 is 0 Å². The summed E-state index contributed by atoms with van der Waals surface area (Å²) >= 11 is 0. The summed E-state index contributed by atoms with van der Waals surface area (Å²) in [5.41, 5.74) is 2.23. The van der Waals surface area contributed by atoms with E-state index in [4.69, 9.17) is 0 Å². The van der Waals surface area contributed by atoms with E-state index in [0.29, 0.717) is 12.4 Å². The largest absolute Gasteiger partial charge is 0.366 e. The van der Waals surface area contributed by atoms with Crippen molar-refractivity contribution in [2.24, 2.45) is 0 Å². The van der Waals surface area contributed by atoms with Crippen molar-refractivity contribution in [2.45, 2.75) is 13.5 Å². The monoisotopic (exact) mass is 217 g/mol. The van der Waals surface area contributed by atoms with Crippen LogP contribution in [0.4, 0.5) is 10.2 Å². The van der Waals surface area contributed by atoms with Gasteiger partial charge in [0.1, 0.15) is 5.82 Å². The van der Waals surface area contributed by atoms with E-state index in [1.807, 2.05) is 13.0 Å². The summed E-state index contributed by atoms with van der Waals surface area (Å²) in [4.78, 5) is 7.76. The SMILES string of the molecule is Cc1ccncc1CNc1cccc(F)n1. The van der Waals surface area contributed by atoms with Gasteiger partial charge in [-0.25, -0.2) is 4.98 Å². The highest BCUT2D eigenvalue weighted by Crippen LogP contribution is 2.09. The van der Waals surface area contributed by atoms with Gasteiger partial charge in [0.15, 0.2) is 0 Å². The van der Waals surface area contributed by atoms with Crippen LogP contribution < -0.4 is 5.32 Å². The molecule has 0 aliphatic rings. The minimum atomic E-state index is -0.479. The summed E-state index contributed by atoms with van der Waals surface area (Å²) in [5, 5.41) is 3.05. The zero-order valence-electron chi connectivity index (χ0n) is 8.94. The number of halogens is 1. The van der Waals surface area contributed by atoms with Gasteiger partial charge in [0.05, 0.1) is 0 Å². The fraction of sp³-hybridized carbons (Fsp3) is 0.167. The van der Waals surface area contributed by atoms with Crippen molar-refractivity contribution in [1.82, 2.24) is 9.97 Å². The highest BCUT2D eigenvalue weighted by atomic mass is 19.1. The lowest BCUT2D eigenvalue weighted by Gasteiger charge is -2.07. The number of pyridine rings is 2. The maximum atomic E-state index is 12.8. The lowest BCUT2D eigenvalue weighted by Crippen LogP contribution is -2.03. The Labute approximate surface area is 93.4 Å². The van der Waals surface area contributed by atoms with Gasteiger partial charge in [-0.3, -0.25) is 4.98 Å². The van der Waals surface area contributed by atoms with Gasteiger partial charge in [-0.15, -0.1) is 0 Å². The predicted molar refractivity (Wildman–Crippen MR) is 60.5 cm³/mol. The van der Waals surface area contributed by atoms with Crippen molar-refractivity contribution in [3.8, 4) is 0 Å². The molecule has 16 heavy (non-hydrogen) atoms. The number of anilines is 1. The zero-order chi connectivity index (χ0) is 11.4. The average Bonchev–Trinajstić information content (AvgIpc) is 2.28. The van der Waals surface area contributed by atoms with Crippen LogP contribution in [0.25, 0.3) is 0 Å². The van der Waals surface area contributed by atoms with Gasteiger partial charge in [-0.05, 0) is 36.2 Å². The summed E-state index contributed by atoms with van der Waals surface area (Å²) in [6.07, 6.45) is 3.54. The van der Waals surface area contributed by atoms with Gasteiger partial charge in [0, 0.05) is 18.9 Å². The van der Waals surface area contributed by atoms with E-state index in [1.54, 1.807) is 24.5 Å². The molecule has 0 radical (unpaired) electrons. The van der Waals surface area contributed by atoms with Crippen LogP contribution in [0.1, 0.15) is 11.1 Å². The van der Waals surface area contributed by atoms with Gasteiger partial charge < -0.3 is 5.32 Å². The second kappa shape index (κ2) is 4.70. The van der Waals surface area contributed by atoms with Gasteiger partial charge in [-0.1, -0.05) is 6.07 Å². The number of nitrogens with zero attached hydrogens (tertiary/aromatic N) is 2. The summed E-state index contributed by atoms with van der Waals surface area (Å²) < 4.78 is 12.8. The Morgan fingerprint density at radius 2 is 2.19 bits per heavy atom. The molecule has 0 saturated carbocycles. The molecule has 0 amide bonds. The summed E-state index contributed by atoms with van der Waals surface area (Å²) in [7, 11) is 0. The first-order chi connectivity index (χ1) is 7.75.